The van der Waals surface area contributed by atoms with Crippen molar-refractivity contribution >= 4 is 73.8 Å². The average Bonchev–Trinajstić information content (AvgIpc) is 3.85. The maximum atomic E-state index is 2.41. The maximum absolute atomic E-state index is 2.41. The zero-order valence-corrected chi connectivity index (χ0v) is 34.2. The van der Waals surface area contributed by atoms with Crippen molar-refractivity contribution in [2.45, 2.75) is 0 Å². The van der Waals surface area contributed by atoms with E-state index in [9.17, 15) is 0 Å². The predicted molar refractivity (Wildman–Crippen MR) is 262 cm³/mol. The van der Waals surface area contributed by atoms with Crippen LogP contribution in [0.5, 0.6) is 0 Å². The van der Waals surface area contributed by atoms with Crippen LogP contribution < -0.4 is 0 Å². The van der Waals surface area contributed by atoms with Crippen molar-refractivity contribution < 1.29 is 0 Å². The quantitative estimate of drug-likeness (QED) is 0.157. The van der Waals surface area contributed by atoms with E-state index in [0.717, 1.165) is 0 Å². The first-order valence-corrected chi connectivity index (χ1v) is 22.1. The van der Waals surface area contributed by atoms with Crippen LogP contribution in [0.2, 0.25) is 0 Å². The first kappa shape index (κ1) is 34.9. The molecule has 2 heteroatoms. The third-order valence-corrected chi connectivity index (χ3v) is 14.6. The molecular weight excluding hydrogens is 761 g/mol. The topological polar surface area (TPSA) is 0 Å². The number of hydrogen-bond donors (Lipinski definition) is 0. The molecule has 12 aromatic rings. The molecule has 0 aliphatic rings. The molecule has 0 nitrogen and oxygen atoms in total. The molecule has 0 spiro atoms. The van der Waals surface area contributed by atoms with Crippen LogP contribution in [0, 0.1) is 0 Å². The van der Waals surface area contributed by atoms with Crippen molar-refractivity contribution in [3.05, 3.63) is 218 Å². The van der Waals surface area contributed by atoms with Crippen LogP contribution in [-0.4, -0.2) is 0 Å². The summed E-state index contributed by atoms with van der Waals surface area (Å²) in [6, 6.07) is 80.3. The standard InChI is InChI=1S/C58H36S2/c1-3-7-37(8-4-1)39-11-15-41(16-12-39)43-19-23-45(24-20-43)47-27-29-49-33-53-55(35-51(49)31-47)59-58-54-34-50-30-28-48(32-52(50)36-56(54)60-57(53)58)46-25-21-44(22-26-46)42-17-13-40(14-18-42)38-9-5-2-6-10-38/h1-36H. The average molecular weight is 797 g/mol. The summed E-state index contributed by atoms with van der Waals surface area (Å²) in [5.41, 5.74) is 14.8. The Morgan fingerprint density at radius 3 is 0.783 bits per heavy atom. The molecule has 0 N–H and O–H groups in total. The van der Waals surface area contributed by atoms with E-state index in [1.807, 2.05) is 22.7 Å². The monoisotopic (exact) mass is 796 g/mol. The van der Waals surface area contributed by atoms with Crippen molar-refractivity contribution in [2.75, 3.05) is 0 Å². The SMILES string of the molecule is c1ccc(-c2ccc(-c3ccc(-c4ccc5cc6c(cc5c4)sc4c5cc7ccc(-c8ccc(-c9ccc(-c%10ccccc%10)cc9)cc8)cc7cc5sc64)cc3)cc2)cc1. The normalized spacial score (nSPS) is 11.7. The van der Waals surface area contributed by atoms with Crippen LogP contribution >= 0.6 is 22.7 Å². The Kier molecular flexibility index (Phi) is 8.33. The zero-order valence-electron chi connectivity index (χ0n) is 32.6. The molecule has 0 bridgehead atoms. The first-order chi connectivity index (χ1) is 29.7. The molecule has 0 atom stereocenters. The first-order valence-electron chi connectivity index (χ1n) is 20.5. The minimum atomic E-state index is 1.23. The number of thiophene rings is 2. The van der Waals surface area contributed by atoms with Gasteiger partial charge in [0, 0.05) is 20.2 Å². The molecule has 0 amide bonds. The van der Waals surface area contributed by atoms with Gasteiger partial charge in [0.2, 0.25) is 0 Å². The largest absolute Gasteiger partial charge is 0.134 e. The van der Waals surface area contributed by atoms with Gasteiger partial charge in [-0.15, -0.1) is 22.7 Å². The van der Waals surface area contributed by atoms with E-state index in [1.165, 1.54) is 118 Å². The van der Waals surface area contributed by atoms with Gasteiger partial charge >= 0.3 is 0 Å². The molecule has 10 aromatic carbocycles. The Morgan fingerprint density at radius 1 is 0.200 bits per heavy atom. The highest BCUT2D eigenvalue weighted by Gasteiger charge is 2.15. The summed E-state index contributed by atoms with van der Waals surface area (Å²) in [6.07, 6.45) is 0. The molecule has 0 fully saturated rings. The lowest BCUT2D eigenvalue weighted by molar-refractivity contribution is 1.58. The van der Waals surface area contributed by atoms with Crippen LogP contribution in [0.25, 0.3) is 118 Å². The third kappa shape index (κ3) is 6.21. The Bertz CT molecular complexity index is 3280. The molecule has 0 saturated carbocycles. The molecule has 12 rings (SSSR count). The summed E-state index contributed by atoms with van der Waals surface area (Å²) >= 11 is 3.86. The number of rotatable bonds is 6. The van der Waals surface area contributed by atoms with Gasteiger partial charge in [-0.2, -0.15) is 0 Å². The van der Waals surface area contributed by atoms with E-state index >= 15 is 0 Å². The summed E-state index contributed by atoms with van der Waals surface area (Å²) in [7, 11) is 0. The van der Waals surface area contributed by atoms with Crippen molar-refractivity contribution in [3.63, 3.8) is 0 Å². The van der Waals surface area contributed by atoms with Gasteiger partial charge in [0.05, 0.1) is 9.40 Å². The van der Waals surface area contributed by atoms with Crippen LogP contribution in [0.3, 0.4) is 0 Å². The highest BCUT2D eigenvalue weighted by molar-refractivity contribution is 7.36. The second kappa shape index (κ2) is 14.3. The lowest BCUT2D eigenvalue weighted by Gasteiger charge is -2.08. The van der Waals surface area contributed by atoms with E-state index < -0.39 is 0 Å². The predicted octanol–water partition coefficient (Wildman–Crippen LogP) is 17.6. The van der Waals surface area contributed by atoms with Crippen LogP contribution in [0.4, 0.5) is 0 Å². The molecule has 2 aromatic heterocycles. The highest BCUT2D eigenvalue weighted by Crippen LogP contribution is 2.47. The maximum Gasteiger partial charge on any atom is 0.0542 e. The summed E-state index contributed by atoms with van der Waals surface area (Å²) in [6.45, 7) is 0. The van der Waals surface area contributed by atoms with Gasteiger partial charge in [0.15, 0.2) is 0 Å². The van der Waals surface area contributed by atoms with Crippen molar-refractivity contribution in [3.8, 4) is 66.8 Å². The van der Waals surface area contributed by atoms with Crippen molar-refractivity contribution in [1.82, 2.24) is 0 Å². The van der Waals surface area contributed by atoms with Crippen molar-refractivity contribution in [2.24, 2.45) is 0 Å². The summed E-state index contributed by atoms with van der Waals surface area (Å²) in [4.78, 5) is 0. The fraction of sp³-hybridized carbons (Fsp3) is 0. The highest BCUT2D eigenvalue weighted by atomic mass is 32.1. The lowest BCUT2D eigenvalue weighted by Crippen LogP contribution is -1.82. The number of benzene rings is 10. The minimum Gasteiger partial charge on any atom is -0.134 e. The van der Waals surface area contributed by atoms with Gasteiger partial charge in [-0.25, -0.2) is 0 Å². The van der Waals surface area contributed by atoms with Gasteiger partial charge in [-0.1, -0.05) is 182 Å². The molecule has 0 aliphatic heterocycles. The fourth-order valence-electron chi connectivity index (χ4n) is 8.79. The lowest BCUT2D eigenvalue weighted by atomic mass is 9.97. The van der Waals surface area contributed by atoms with E-state index in [4.69, 9.17) is 0 Å². The Hall–Kier alpha value is -7.10. The Labute approximate surface area is 356 Å². The molecule has 0 unspecified atom stereocenters. The summed E-state index contributed by atoms with van der Waals surface area (Å²) in [5.74, 6) is 0. The number of hydrogen-bond acceptors (Lipinski definition) is 2. The van der Waals surface area contributed by atoms with Gasteiger partial charge in [0.25, 0.3) is 0 Å². The van der Waals surface area contributed by atoms with Gasteiger partial charge < -0.3 is 0 Å². The van der Waals surface area contributed by atoms with Gasteiger partial charge in [-0.05, 0) is 125 Å². The fourth-order valence-corrected chi connectivity index (χ4v) is 11.5. The van der Waals surface area contributed by atoms with Gasteiger partial charge in [-0.3, -0.25) is 0 Å². The van der Waals surface area contributed by atoms with Gasteiger partial charge in [0.1, 0.15) is 0 Å². The Morgan fingerprint density at radius 2 is 0.467 bits per heavy atom. The third-order valence-electron chi connectivity index (χ3n) is 12.1. The summed E-state index contributed by atoms with van der Waals surface area (Å²) in [5, 5.41) is 7.85. The molecular formula is C58H36S2. The molecule has 2 heterocycles. The Balaban J connectivity index is 0.809. The smallest absolute Gasteiger partial charge is 0.0542 e. The van der Waals surface area contributed by atoms with Crippen LogP contribution in [-0.2, 0) is 0 Å². The second-order valence-electron chi connectivity index (χ2n) is 15.7. The minimum absolute atomic E-state index is 1.23. The van der Waals surface area contributed by atoms with Crippen molar-refractivity contribution in [1.29, 1.82) is 0 Å². The zero-order chi connectivity index (χ0) is 39.6. The molecule has 280 valence electrons. The molecule has 0 radical (unpaired) electrons. The van der Waals surface area contributed by atoms with E-state index in [-0.39, 0.29) is 0 Å². The van der Waals surface area contributed by atoms with E-state index in [2.05, 4.69) is 218 Å². The molecule has 60 heavy (non-hydrogen) atoms. The molecule has 0 saturated heterocycles. The van der Waals surface area contributed by atoms with E-state index in [0.29, 0.717) is 0 Å². The van der Waals surface area contributed by atoms with Crippen LogP contribution in [0.1, 0.15) is 0 Å². The second-order valence-corrected chi connectivity index (χ2v) is 17.8. The number of fused-ring (bicyclic) bond motifs is 7. The van der Waals surface area contributed by atoms with Crippen LogP contribution in [0.15, 0.2) is 218 Å². The van der Waals surface area contributed by atoms with E-state index in [1.54, 1.807) is 0 Å². The summed E-state index contributed by atoms with van der Waals surface area (Å²) < 4.78 is 5.49. The molecule has 0 aliphatic carbocycles.